The van der Waals surface area contributed by atoms with E-state index in [1.165, 1.54) is 6.26 Å². The van der Waals surface area contributed by atoms with E-state index in [0.29, 0.717) is 11.6 Å². The van der Waals surface area contributed by atoms with Crippen LogP contribution in [0.5, 0.6) is 0 Å². The second-order valence-corrected chi connectivity index (χ2v) is 6.37. The molecule has 3 rings (SSSR count). The van der Waals surface area contributed by atoms with Crippen LogP contribution in [0.4, 0.5) is 0 Å². The normalized spacial score (nSPS) is 18.6. The maximum atomic E-state index is 11.8. The summed E-state index contributed by atoms with van der Waals surface area (Å²) in [6, 6.07) is 3.88. The summed E-state index contributed by atoms with van der Waals surface area (Å²) in [5.74, 6) is 2.32. The summed E-state index contributed by atoms with van der Waals surface area (Å²) in [6.07, 6.45) is 2.73. The Kier molecular flexibility index (Phi) is 3.89. The third-order valence-electron chi connectivity index (χ3n) is 2.80. The lowest BCUT2D eigenvalue weighted by molar-refractivity contribution is -0.147. The number of ether oxygens (including phenoxy) is 1. The molecule has 0 radical (unpaired) electrons. The highest BCUT2D eigenvalue weighted by atomic mass is 32.2. The van der Waals surface area contributed by atoms with E-state index in [1.54, 1.807) is 11.3 Å². The molecule has 6 heteroatoms. The molecule has 19 heavy (non-hydrogen) atoms. The maximum Gasteiger partial charge on any atom is 0.312 e. The predicted octanol–water partition coefficient (Wildman–Crippen LogP) is 2.99. The number of aromatic nitrogens is 1. The van der Waals surface area contributed by atoms with Crippen molar-refractivity contribution in [3.8, 4) is 10.8 Å². The van der Waals surface area contributed by atoms with Crippen LogP contribution in [-0.4, -0.2) is 28.6 Å². The van der Waals surface area contributed by atoms with Crippen molar-refractivity contribution in [2.24, 2.45) is 0 Å². The van der Waals surface area contributed by atoms with Crippen LogP contribution in [0, 0.1) is 0 Å². The number of carbonyl (C=O) groups is 1. The Morgan fingerprint density at radius 2 is 2.53 bits per heavy atom. The molecular formula is C13H13NO3S2. The Labute approximate surface area is 119 Å². The molecule has 100 valence electrons. The van der Waals surface area contributed by atoms with Gasteiger partial charge in [0, 0.05) is 5.75 Å². The fraction of sp³-hybridized carbons (Fsp3) is 0.385. The summed E-state index contributed by atoms with van der Waals surface area (Å²) in [5.41, 5.74) is 0.624. The highest BCUT2D eigenvalue weighted by Crippen LogP contribution is 2.24. The van der Waals surface area contributed by atoms with Crippen molar-refractivity contribution >= 4 is 29.1 Å². The topological polar surface area (TPSA) is 52.3 Å². The number of oxazole rings is 1. The average molecular weight is 295 g/mol. The number of hydrogen-bond acceptors (Lipinski definition) is 6. The minimum atomic E-state index is -0.224. The Hall–Kier alpha value is -1.27. The number of carbonyl (C=O) groups excluding carboxylic acids is 1. The molecular weight excluding hydrogens is 282 g/mol. The summed E-state index contributed by atoms with van der Waals surface area (Å²) in [7, 11) is 0. The first-order valence-corrected chi connectivity index (χ1v) is 8.10. The first-order chi connectivity index (χ1) is 9.31. The van der Waals surface area contributed by atoms with Crippen LogP contribution in [-0.2, 0) is 16.0 Å². The number of thiophene rings is 1. The van der Waals surface area contributed by atoms with E-state index in [1.807, 2.05) is 29.3 Å². The van der Waals surface area contributed by atoms with Gasteiger partial charge < -0.3 is 9.15 Å². The zero-order valence-corrected chi connectivity index (χ0v) is 11.8. The molecule has 1 saturated heterocycles. The van der Waals surface area contributed by atoms with E-state index in [0.717, 1.165) is 22.8 Å². The quantitative estimate of drug-likeness (QED) is 0.812. The molecule has 1 atom stereocenters. The number of rotatable bonds is 4. The molecule has 0 spiro atoms. The predicted molar refractivity (Wildman–Crippen MR) is 75.3 cm³/mol. The average Bonchev–Trinajstić information content (AvgIpc) is 3.09. The Bertz CT molecular complexity index is 544. The molecule has 3 heterocycles. The van der Waals surface area contributed by atoms with Crippen molar-refractivity contribution in [3.63, 3.8) is 0 Å². The molecule has 0 bridgehead atoms. The van der Waals surface area contributed by atoms with Crippen molar-refractivity contribution in [1.29, 1.82) is 0 Å². The summed E-state index contributed by atoms with van der Waals surface area (Å²) < 4.78 is 10.7. The van der Waals surface area contributed by atoms with Crippen molar-refractivity contribution < 1.29 is 13.9 Å². The van der Waals surface area contributed by atoms with Gasteiger partial charge in [0.2, 0.25) is 5.89 Å². The van der Waals surface area contributed by atoms with Crippen molar-refractivity contribution in [2.45, 2.75) is 18.9 Å². The smallest absolute Gasteiger partial charge is 0.312 e. The molecule has 0 aliphatic carbocycles. The van der Waals surface area contributed by atoms with Gasteiger partial charge in [-0.15, -0.1) is 11.3 Å². The number of hydrogen-bond donors (Lipinski definition) is 0. The van der Waals surface area contributed by atoms with Crippen LogP contribution in [0.1, 0.15) is 12.1 Å². The molecule has 1 aliphatic heterocycles. The second kappa shape index (κ2) is 5.79. The molecule has 0 N–H and O–H groups in total. The Morgan fingerprint density at radius 1 is 1.58 bits per heavy atom. The first-order valence-electron chi connectivity index (χ1n) is 6.07. The molecule has 0 saturated carbocycles. The molecule has 2 aromatic rings. The van der Waals surface area contributed by atoms with Gasteiger partial charge in [0.25, 0.3) is 0 Å². The van der Waals surface area contributed by atoms with Crippen LogP contribution in [0.3, 0.4) is 0 Å². The van der Waals surface area contributed by atoms with Gasteiger partial charge in [-0.1, -0.05) is 6.07 Å². The number of nitrogens with zero attached hydrogens (tertiary/aromatic N) is 1. The molecule has 0 unspecified atom stereocenters. The van der Waals surface area contributed by atoms with E-state index < -0.39 is 0 Å². The fourth-order valence-electron chi connectivity index (χ4n) is 1.88. The van der Waals surface area contributed by atoms with Crippen LogP contribution in [0.2, 0.25) is 0 Å². The largest absolute Gasteiger partial charge is 0.461 e. The molecule has 1 fully saturated rings. The highest BCUT2D eigenvalue weighted by molar-refractivity contribution is 7.99. The highest BCUT2D eigenvalue weighted by Gasteiger charge is 2.20. The third kappa shape index (κ3) is 3.19. The van der Waals surface area contributed by atoms with Gasteiger partial charge in [0.05, 0.1) is 17.0 Å². The minimum Gasteiger partial charge on any atom is -0.461 e. The van der Waals surface area contributed by atoms with Gasteiger partial charge in [-0.2, -0.15) is 11.8 Å². The fourth-order valence-corrected chi connectivity index (χ4v) is 3.63. The SMILES string of the molecule is O=C(Cc1coc(-c2cccs2)n1)O[C@H]1CCSC1. The van der Waals surface area contributed by atoms with Gasteiger partial charge in [0.15, 0.2) is 0 Å². The molecule has 0 aromatic carbocycles. The molecule has 2 aromatic heterocycles. The lowest BCUT2D eigenvalue weighted by Gasteiger charge is -2.09. The van der Waals surface area contributed by atoms with E-state index in [-0.39, 0.29) is 18.5 Å². The lowest BCUT2D eigenvalue weighted by atomic mass is 10.3. The standard InChI is InChI=1S/C13H13NO3S2/c15-12(17-10-3-5-18-8-10)6-9-7-16-13(14-9)11-2-1-4-19-11/h1-2,4,7,10H,3,5-6,8H2/t10-/m0/s1. The zero-order valence-electron chi connectivity index (χ0n) is 10.2. The zero-order chi connectivity index (χ0) is 13.1. The summed E-state index contributed by atoms with van der Waals surface area (Å²) in [6.45, 7) is 0. The van der Waals surface area contributed by atoms with E-state index >= 15 is 0 Å². The van der Waals surface area contributed by atoms with Gasteiger partial charge in [-0.05, 0) is 23.6 Å². The van der Waals surface area contributed by atoms with Gasteiger partial charge >= 0.3 is 5.97 Å². The monoisotopic (exact) mass is 295 g/mol. The van der Waals surface area contributed by atoms with E-state index in [9.17, 15) is 4.79 Å². The van der Waals surface area contributed by atoms with Crippen LogP contribution < -0.4 is 0 Å². The maximum absolute atomic E-state index is 11.8. The van der Waals surface area contributed by atoms with Crippen LogP contribution in [0.15, 0.2) is 28.2 Å². The molecule has 4 nitrogen and oxygen atoms in total. The summed E-state index contributed by atoms with van der Waals surface area (Å²) in [5, 5.41) is 1.96. The summed E-state index contributed by atoms with van der Waals surface area (Å²) >= 11 is 3.38. The van der Waals surface area contributed by atoms with Crippen LogP contribution in [0.25, 0.3) is 10.8 Å². The number of thioether (sulfide) groups is 1. The molecule has 1 aliphatic rings. The van der Waals surface area contributed by atoms with E-state index in [4.69, 9.17) is 9.15 Å². The summed E-state index contributed by atoms with van der Waals surface area (Å²) in [4.78, 5) is 17.0. The van der Waals surface area contributed by atoms with Gasteiger partial charge in [-0.3, -0.25) is 4.79 Å². The Balaban J connectivity index is 1.59. The van der Waals surface area contributed by atoms with Gasteiger partial charge in [0.1, 0.15) is 12.4 Å². The second-order valence-electron chi connectivity index (χ2n) is 4.27. The number of esters is 1. The van der Waals surface area contributed by atoms with Crippen molar-refractivity contribution in [1.82, 2.24) is 4.98 Å². The lowest BCUT2D eigenvalue weighted by Crippen LogP contribution is -2.18. The van der Waals surface area contributed by atoms with Crippen molar-refractivity contribution in [3.05, 3.63) is 29.5 Å². The van der Waals surface area contributed by atoms with Crippen molar-refractivity contribution in [2.75, 3.05) is 11.5 Å². The minimum absolute atomic E-state index is 0.0705. The molecule has 0 amide bonds. The van der Waals surface area contributed by atoms with E-state index in [2.05, 4.69) is 4.98 Å². The third-order valence-corrected chi connectivity index (χ3v) is 4.78. The van der Waals surface area contributed by atoms with Gasteiger partial charge in [-0.25, -0.2) is 4.98 Å². The van der Waals surface area contributed by atoms with Crippen LogP contribution >= 0.6 is 23.1 Å². The Morgan fingerprint density at radius 3 is 3.26 bits per heavy atom. The first kappa shape index (κ1) is 12.7.